The molecule has 1 aromatic carbocycles. The van der Waals surface area contributed by atoms with Crippen LogP contribution in [-0.2, 0) is 0 Å². The second-order valence-corrected chi connectivity index (χ2v) is 5.65. The van der Waals surface area contributed by atoms with E-state index in [9.17, 15) is 4.79 Å². The van der Waals surface area contributed by atoms with E-state index in [0.717, 1.165) is 18.4 Å². The van der Waals surface area contributed by atoms with Crippen molar-refractivity contribution in [3.8, 4) is 11.3 Å². The number of benzene rings is 1. The van der Waals surface area contributed by atoms with Crippen LogP contribution in [0.3, 0.4) is 0 Å². The van der Waals surface area contributed by atoms with Crippen LogP contribution in [0.5, 0.6) is 0 Å². The van der Waals surface area contributed by atoms with Gasteiger partial charge in [0, 0.05) is 35.8 Å². The first-order chi connectivity index (χ1) is 10.1. The maximum Gasteiger partial charge on any atom is 0.292 e. The quantitative estimate of drug-likeness (QED) is 0.911. The number of amides is 1. The number of hydrogen-bond donors (Lipinski definition) is 1. The number of likely N-dealkylation sites (tertiary alicyclic amines) is 1. The average molecular weight is 342 g/mol. The van der Waals surface area contributed by atoms with Crippen LogP contribution in [0, 0.1) is 0 Å². The zero-order valence-corrected chi connectivity index (χ0v) is 13.4. The normalized spacial score (nSPS) is 15.5. The summed E-state index contributed by atoms with van der Waals surface area (Å²) in [6.07, 6.45) is 1.64. The Morgan fingerprint density at radius 1 is 1.32 bits per heavy atom. The van der Waals surface area contributed by atoms with Gasteiger partial charge < -0.3 is 15.2 Å². The number of hydrogen-bond acceptors (Lipinski definition) is 4. The molecule has 5 nitrogen and oxygen atoms in total. The second-order valence-electron chi connectivity index (χ2n) is 5.22. The first kappa shape index (κ1) is 16.8. The van der Waals surface area contributed by atoms with Crippen LogP contribution in [0.1, 0.15) is 23.4 Å². The smallest absolute Gasteiger partial charge is 0.292 e. The Labute approximate surface area is 139 Å². The first-order valence-corrected chi connectivity index (χ1v) is 7.29. The van der Waals surface area contributed by atoms with Crippen LogP contribution >= 0.6 is 24.0 Å². The highest BCUT2D eigenvalue weighted by Crippen LogP contribution is 2.23. The summed E-state index contributed by atoms with van der Waals surface area (Å²) in [5, 5.41) is 4.57. The van der Waals surface area contributed by atoms with E-state index in [4.69, 9.17) is 21.9 Å². The Hall–Kier alpha value is -1.56. The minimum atomic E-state index is -0.136. The number of piperidine rings is 1. The van der Waals surface area contributed by atoms with Gasteiger partial charge in [0.05, 0.1) is 0 Å². The summed E-state index contributed by atoms with van der Waals surface area (Å²) in [5.41, 5.74) is 7.27. The van der Waals surface area contributed by atoms with Crippen molar-refractivity contribution in [2.24, 2.45) is 5.73 Å². The Morgan fingerprint density at radius 2 is 2.05 bits per heavy atom. The molecule has 2 aromatic rings. The van der Waals surface area contributed by atoms with Gasteiger partial charge in [-0.15, -0.1) is 12.4 Å². The molecular weight excluding hydrogens is 325 g/mol. The highest BCUT2D eigenvalue weighted by atomic mass is 35.5. The van der Waals surface area contributed by atoms with Crippen LogP contribution in [-0.4, -0.2) is 35.1 Å². The van der Waals surface area contributed by atoms with Crippen molar-refractivity contribution >= 4 is 29.9 Å². The molecule has 1 aromatic heterocycles. The fourth-order valence-electron chi connectivity index (χ4n) is 2.42. The second kappa shape index (κ2) is 7.13. The maximum atomic E-state index is 12.3. The van der Waals surface area contributed by atoms with Gasteiger partial charge in [0.15, 0.2) is 0 Å². The lowest BCUT2D eigenvalue weighted by Gasteiger charge is -2.29. The van der Waals surface area contributed by atoms with Crippen molar-refractivity contribution in [2.75, 3.05) is 13.1 Å². The highest BCUT2D eigenvalue weighted by molar-refractivity contribution is 6.30. The summed E-state index contributed by atoms with van der Waals surface area (Å²) in [6.45, 7) is 1.32. The molecule has 0 spiro atoms. The summed E-state index contributed by atoms with van der Waals surface area (Å²) < 4.78 is 5.19. The predicted molar refractivity (Wildman–Crippen MR) is 87.3 cm³/mol. The van der Waals surface area contributed by atoms with Crippen LogP contribution < -0.4 is 5.73 Å². The topological polar surface area (TPSA) is 72.4 Å². The Balaban J connectivity index is 0.00000176. The SMILES string of the molecule is Cl.NC1CCN(C(=O)c2cc(-c3cccc(Cl)c3)no2)CC1. The fourth-order valence-corrected chi connectivity index (χ4v) is 2.61. The molecule has 0 unspecified atom stereocenters. The van der Waals surface area contributed by atoms with Gasteiger partial charge in [-0.05, 0) is 25.0 Å². The lowest BCUT2D eigenvalue weighted by atomic mass is 10.1. The van der Waals surface area contributed by atoms with Gasteiger partial charge in [-0.2, -0.15) is 0 Å². The number of carbonyl (C=O) groups excluding carboxylic acids is 1. The number of carbonyl (C=O) groups is 1. The Kier molecular flexibility index (Phi) is 5.45. The molecule has 0 saturated carbocycles. The van der Waals surface area contributed by atoms with Gasteiger partial charge >= 0.3 is 0 Å². The van der Waals surface area contributed by atoms with Crippen LogP contribution in [0.25, 0.3) is 11.3 Å². The zero-order valence-electron chi connectivity index (χ0n) is 11.9. The summed E-state index contributed by atoms with van der Waals surface area (Å²) in [7, 11) is 0. The standard InChI is InChI=1S/C15H16ClN3O2.ClH/c16-11-3-1-2-10(8-11)13-9-14(21-18-13)15(20)19-6-4-12(17)5-7-19;/h1-3,8-9,12H,4-7,17H2;1H. The van der Waals surface area contributed by atoms with Gasteiger partial charge in [-0.3, -0.25) is 4.79 Å². The molecule has 0 radical (unpaired) electrons. The van der Waals surface area contributed by atoms with E-state index in [0.29, 0.717) is 23.8 Å². The molecule has 1 amide bonds. The lowest BCUT2D eigenvalue weighted by Crippen LogP contribution is -2.42. The molecule has 2 N–H and O–H groups in total. The van der Waals surface area contributed by atoms with Gasteiger partial charge in [0.2, 0.25) is 5.76 Å². The molecule has 1 aliphatic rings. The van der Waals surface area contributed by atoms with E-state index in [-0.39, 0.29) is 30.1 Å². The molecule has 118 valence electrons. The minimum absolute atomic E-state index is 0. The van der Waals surface area contributed by atoms with Crippen molar-refractivity contribution in [1.82, 2.24) is 10.1 Å². The van der Waals surface area contributed by atoms with E-state index in [1.165, 1.54) is 0 Å². The van der Waals surface area contributed by atoms with E-state index >= 15 is 0 Å². The predicted octanol–water partition coefficient (Wildman–Crippen LogP) is 2.98. The molecular formula is C15H17Cl2N3O2. The third-order valence-electron chi connectivity index (χ3n) is 3.67. The number of rotatable bonds is 2. The van der Waals surface area contributed by atoms with Crippen molar-refractivity contribution in [2.45, 2.75) is 18.9 Å². The summed E-state index contributed by atoms with van der Waals surface area (Å²) in [4.78, 5) is 14.1. The largest absolute Gasteiger partial charge is 0.350 e. The molecule has 1 fully saturated rings. The zero-order chi connectivity index (χ0) is 14.8. The van der Waals surface area contributed by atoms with Crippen LogP contribution in [0.15, 0.2) is 34.9 Å². The van der Waals surface area contributed by atoms with E-state index in [1.807, 2.05) is 12.1 Å². The number of nitrogens with zero attached hydrogens (tertiary/aromatic N) is 2. The Morgan fingerprint density at radius 3 is 2.73 bits per heavy atom. The fraction of sp³-hybridized carbons (Fsp3) is 0.333. The lowest BCUT2D eigenvalue weighted by molar-refractivity contribution is 0.0673. The maximum absolute atomic E-state index is 12.3. The molecule has 2 heterocycles. The highest BCUT2D eigenvalue weighted by Gasteiger charge is 2.24. The van der Waals surface area contributed by atoms with E-state index in [1.54, 1.807) is 23.1 Å². The molecule has 0 atom stereocenters. The van der Waals surface area contributed by atoms with Crippen molar-refractivity contribution < 1.29 is 9.32 Å². The van der Waals surface area contributed by atoms with Crippen molar-refractivity contribution in [3.63, 3.8) is 0 Å². The molecule has 3 rings (SSSR count). The van der Waals surface area contributed by atoms with E-state index in [2.05, 4.69) is 5.16 Å². The number of nitrogens with two attached hydrogens (primary N) is 1. The Bertz CT molecular complexity index is 652. The van der Waals surface area contributed by atoms with E-state index < -0.39 is 0 Å². The monoisotopic (exact) mass is 341 g/mol. The van der Waals surface area contributed by atoms with Crippen LogP contribution in [0.2, 0.25) is 5.02 Å². The third kappa shape index (κ3) is 3.61. The summed E-state index contributed by atoms with van der Waals surface area (Å²) in [5.74, 6) is 0.114. The van der Waals surface area contributed by atoms with Gasteiger partial charge in [-0.25, -0.2) is 0 Å². The minimum Gasteiger partial charge on any atom is -0.350 e. The third-order valence-corrected chi connectivity index (χ3v) is 3.90. The van der Waals surface area contributed by atoms with Gasteiger partial charge in [0.25, 0.3) is 5.91 Å². The van der Waals surface area contributed by atoms with Crippen molar-refractivity contribution in [1.29, 1.82) is 0 Å². The summed E-state index contributed by atoms with van der Waals surface area (Å²) in [6, 6.07) is 9.12. The molecule has 1 saturated heterocycles. The molecule has 0 aliphatic carbocycles. The number of aromatic nitrogens is 1. The molecule has 1 aliphatic heterocycles. The van der Waals surface area contributed by atoms with Crippen molar-refractivity contribution in [3.05, 3.63) is 41.1 Å². The summed E-state index contributed by atoms with van der Waals surface area (Å²) >= 11 is 5.95. The molecule has 22 heavy (non-hydrogen) atoms. The van der Waals surface area contributed by atoms with Gasteiger partial charge in [0.1, 0.15) is 5.69 Å². The molecule has 0 bridgehead atoms. The van der Waals surface area contributed by atoms with Crippen LogP contribution in [0.4, 0.5) is 0 Å². The average Bonchev–Trinajstić information content (AvgIpc) is 2.97. The first-order valence-electron chi connectivity index (χ1n) is 6.91. The number of halogens is 2. The molecule has 7 heteroatoms. The van der Waals surface area contributed by atoms with Gasteiger partial charge in [-0.1, -0.05) is 28.9 Å².